The first kappa shape index (κ1) is 20.9. The summed E-state index contributed by atoms with van der Waals surface area (Å²) >= 11 is 0. The molecule has 0 bridgehead atoms. The Hall–Kier alpha value is -2.33. The van der Waals surface area contributed by atoms with Crippen molar-refractivity contribution in [3.63, 3.8) is 0 Å². The van der Waals surface area contributed by atoms with Crippen LogP contribution in [0.4, 0.5) is 0 Å². The summed E-state index contributed by atoms with van der Waals surface area (Å²) in [5.41, 5.74) is 2.12. The minimum Gasteiger partial charge on any atom is -0.496 e. The maximum absolute atomic E-state index is 12.3. The molecule has 2 aliphatic carbocycles. The second-order valence-corrected chi connectivity index (χ2v) is 8.89. The van der Waals surface area contributed by atoms with E-state index in [-0.39, 0.29) is 5.91 Å². The van der Waals surface area contributed by atoms with Gasteiger partial charge in [0.15, 0.2) is 0 Å². The zero-order valence-corrected chi connectivity index (χ0v) is 18.0. The molecule has 2 unspecified atom stereocenters. The molecule has 2 aromatic rings. The highest BCUT2D eigenvalue weighted by atomic mass is 16.5. The van der Waals surface area contributed by atoms with E-state index in [1.54, 1.807) is 7.11 Å². The van der Waals surface area contributed by atoms with Crippen LogP contribution >= 0.6 is 0 Å². The summed E-state index contributed by atoms with van der Waals surface area (Å²) in [6, 6.07) is 18.3. The van der Waals surface area contributed by atoms with Crippen LogP contribution in [0.3, 0.4) is 0 Å². The number of para-hydroxylation sites is 1. The van der Waals surface area contributed by atoms with Crippen molar-refractivity contribution in [3.05, 3.63) is 65.7 Å². The molecule has 2 atom stereocenters. The number of methoxy groups -OCH3 is 1. The lowest BCUT2D eigenvalue weighted by molar-refractivity contribution is 0.0921. The topological polar surface area (TPSA) is 50.4 Å². The molecule has 0 spiro atoms. The predicted octanol–water partition coefficient (Wildman–Crippen LogP) is 4.77. The second kappa shape index (κ2) is 10.1. The normalized spacial score (nSPS) is 25.5. The number of hydrogen-bond donors (Lipinski definition) is 2. The third-order valence-corrected chi connectivity index (χ3v) is 6.81. The summed E-state index contributed by atoms with van der Waals surface area (Å²) in [5, 5.41) is 6.90. The number of carbonyl (C=O) groups is 1. The lowest BCUT2D eigenvalue weighted by Gasteiger charge is -2.29. The number of ether oxygens (including phenoxy) is 1. The summed E-state index contributed by atoms with van der Waals surface area (Å²) in [4.78, 5) is 12.3. The van der Waals surface area contributed by atoms with Gasteiger partial charge in [-0.2, -0.15) is 0 Å². The maximum Gasteiger partial charge on any atom is 0.251 e. The van der Waals surface area contributed by atoms with Crippen molar-refractivity contribution in [3.8, 4) is 5.75 Å². The van der Waals surface area contributed by atoms with Gasteiger partial charge in [-0.1, -0.05) is 36.4 Å². The summed E-state index contributed by atoms with van der Waals surface area (Å²) < 4.78 is 5.51. The molecular formula is C26H34N2O2. The second-order valence-electron chi connectivity index (χ2n) is 8.89. The van der Waals surface area contributed by atoms with Crippen molar-refractivity contribution < 1.29 is 9.53 Å². The minimum atomic E-state index is 0.0646. The molecule has 4 heteroatoms. The van der Waals surface area contributed by atoms with E-state index in [1.807, 2.05) is 36.4 Å². The molecule has 0 aromatic heterocycles. The summed E-state index contributed by atoms with van der Waals surface area (Å²) in [7, 11) is 1.76. The molecule has 0 radical (unpaired) electrons. The highest BCUT2D eigenvalue weighted by molar-refractivity contribution is 5.94. The van der Waals surface area contributed by atoms with Crippen LogP contribution in [-0.4, -0.2) is 32.1 Å². The third-order valence-electron chi connectivity index (χ3n) is 6.81. The van der Waals surface area contributed by atoms with Gasteiger partial charge in [-0.05, 0) is 93.1 Å². The quantitative estimate of drug-likeness (QED) is 0.590. The van der Waals surface area contributed by atoms with Gasteiger partial charge in [0.1, 0.15) is 5.75 Å². The Balaban J connectivity index is 1.10. The first-order valence-electron chi connectivity index (χ1n) is 11.4. The molecular weight excluding hydrogens is 372 g/mol. The Morgan fingerprint density at radius 1 is 1.00 bits per heavy atom. The Labute approximate surface area is 180 Å². The largest absolute Gasteiger partial charge is 0.496 e. The summed E-state index contributed by atoms with van der Waals surface area (Å²) in [5.74, 6) is 3.27. The lowest BCUT2D eigenvalue weighted by Crippen LogP contribution is -2.38. The van der Waals surface area contributed by atoms with Crippen molar-refractivity contribution in [2.24, 2.45) is 11.8 Å². The lowest BCUT2D eigenvalue weighted by atomic mass is 9.84. The van der Waals surface area contributed by atoms with Crippen LogP contribution in [-0.2, 0) is 0 Å². The van der Waals surface area contributed by atoms with Gasteiger partial charge in [-0.25, -0.2) is 0 Å². The Morgan fingerprint density at radius 2 is 1.73 bits per heavy atom. The fourth-order valence-electron chi connectivity index (χ4n) is 4.87. The zero-order chi connectivity index (χ0) is 20.8. The van der Waals surface area contributed by atoms with E-state index in [1.165, 1.54) is 31.2 Å². The highest BCUT2D eigenvalue weighted by Crippen LogP contribution is 2.49. The van der Waals surface area contributed by atoms with Gasteiger partial charge < -0.3 is 15.4 Å². The molecule has 0 aliphatic heterocycles. The third kappa shape index (κ3) is 5.42. The van der Waals surface area contributed by atoms with Gasteiger partial charge >= 0.3 is 0 Å². The van der Waals surface area contributed by atoms with E-state index in [0.717, 1.165) is 49.1 Å². The number of hydrogen-bond acceptors (Lipinski definition) is 3. The average molecular weight is 407 g/mol. The first-order chi connectivity index (χ1) is 14.7. The summed E-state index contributed by atoms with van der Waals surface area (Å²) in [6.45, 7) is 2.20. The Bertz CT molecular complexity index is 815. The molecule has 4 nitrogen and oxygen atoms in total. The van der Waals surface area contributed by atoms with Crippen LogP contribution in [0, 0.1) is 11.8 Å². The SMILES string of the molecule is COc1ccccc1C1CC1CNCCC1CCC(NC(=O)c2ccccc2)CC1. The molecule has 2 aliphatic rings. The maximum atomic E-state index is 12.3. The minimum absolute atomic E-state index is 0.0646. The number of benzene rings is 2. The molecule has 2 aromatic carbocycles. The van der Waals surface area contributed by atoms with Crippen LogP contribution in [0.25, 0.3) is 0 Å². The molecule has 0 saturated heterocycles. The van der Waals surface area contributed by atoms with Crippen molar-refractivity contribution in [1.29, 1.82) is 0 Å². The van der Waals surface area contributed by atoms with Crippen LogP contribution in [0.2, 0.25) is 0 Å². The Morgan fingerprint density at radius 3 is 2.50 bits per heavy atom. The smallest absolute Gasteiger partial charge is 0.251 e. The first-order valence-corrected chi connectivity index (χ1v) is 11.4. The highest BCUT2D eigenvalue weighted by Gasteiger charge is 2.39. The van der Waals surface area contributed by atoms with Gasteiger partial charge in [0.25, 0.3) is 5.91 Å². The average Bonchev–Trinajstić information content (AvgIpc) is 3.57. The zero-order valence-electron chi connectivity index (χ0n) is 18.0. The van der Waals surface area contributed by atoms with Crippen molar-refractivity contribution >= 4 is 5.91 Å². The molecule has 160 valence electrons. The van der Waals surface area contributed by atoms with Crippen LogP contribution in [0.15, 0.2) is 54.6 Å². The monoisotopic (exact) mass is 406 g/mol. The van der Waals surface area contributed by atoms with E-state index < -0.39 is 0 Å². The van der Waals surface area contributed by atoms with Gasteiger partial charge in [0.05, 0.1) is 7.11 Å². The van der Waals surface area contributed by atoms with Crippen molar-refractivity contribution in [2.45, 2.75) is 50.5 Å². The standard InChI is InChI=1S/C26H34N2O2/c1-30-25-10-6-5-9-23(25)24-17-21(24)18-27-16-15-19-11-13-22(14-12-19)28-26(29)20-7-3-2-4-8-20/h2-10,19,21-22,24,27H,11-18H2,1H3,(H,28,29). The number of nitrogens with one attached hydrogen (secondary N) is 2. The van der Waals surface area contributed by atoms with Gasteiger partial charge in [-0.15, -0.1) is 0 Å². The van der Waals surface area contributed by atoms with Gasteiger partial charge in [0.2, 0.25) is 0 Å². The van der Waals surface area contributed by atoms with E-state index in [4.69, 9.17) is 4.74 Å². The van der Waals surface area contributed by atoms with Crippen LogP contribution in [0.5, 0.6) is 5.75 Å². The van der Waals surface area contributed by atoms with Crippen molar-refractivity contribution in [1.82, 2.24) is 10.6 Å². The molecule has 0 heterocycles. The molecule has 4 rings (SSSR count). The molecule has 2 fully saturated rings. The van der Waals surface area contributed by atoms with Crippen molar-refractivity contribution in [2.75, 3.05) is 20.2 Å². The molecule has 1 amide bonds. The van der Waals surface area contributed by atoms with Crippen LogP contribution in [0.1, 0.15) is 60.4 Å². The number of carbonyl (C=O) groups excluding carboxylic acids is 1. The van der Waals surface area contributed by atoms with E-state index in [9.17, 15) is 4.79 Å². The predicted molar refractivity (Wildman–Crippen MR) is 121 cm³/mol. The Kier molecular flexibility index (Phi) is 7.06. The van der Waals surface area contributed by atoms with Gasteiger partial charge in [0, 0.05) is 11.6 Å². The number of rotatable bonds is 9. The van der Waals surface area contributed by atoms with E-state index in [2.05, 4.69) is 28.8 Å². The van der Waals surface area contributed by atoms with E-state index >= 15 is 0 Å². The fraction of sp³-hybridized carbons (Fsp3) is 0.500. The van der Waals surface area contributed by atoms with Crippen LogP contribution < -0.4 is 15.4 Å². The summed E-state index contributed by atoms with van der Waals surface area (Å²) in [6.07, 6.45) is 7.14. The van der Waals surface area contributed by atoms with E-state index in [0.29, 0.717) is 12.0 Å². The fourth-order valence-corrected chi connectivity index (χ4v) is 4.87. The van der Waals surface area contributed by atoms with Gasteiger partial charge in [-0.3, -0.25) is 4.79 Å². The molecule has 2 saturated carbocycles. The molecule has 30 heavy (non-hydrogen) atoms. The molecule has 2 N–H and O–H groups in total. The number of amides is 1.